The van der Waals surface area contributed by atoms with Crippen molar-refractivity contribution < 1.29 is 4.79 Å². The van der Waals surface area contributed by atoms with Crippen LogP contribution in [0.2, 0.25) is 0 Å². The van der Waals surface area contributed by atoms with Gasteiger partial charge >= 0.3 is 0 Å². The number of carbonyl (C=O) groups is 1. The Hall–Kier alpha value is -1.79. The molecule has 0 heterocycles. The SMILES string of the molecule is Cc1cc(C#CCN)cc(C(=O)N(C)C(C)C(C)C)c1. The van der Waals surface area contributed by atoms with Crippen molar-refractivity contribution in [1.82, 2.24) is 4.90 Å². The predicted molar refractivity (Wildman–Crippen MR) is 83.5 cm³/mol. The average molecular weight is 272 g/mol. The molecule has 0 aliphatic rings. The van der Waals surface area contributed by atoms with Crippen LogP contribution in [0.4, 0.5) is 0 Å². The van der Waals surface area contributed by atoms with Gasteiger partial charge in [-0.3, -0.25) is 4.79 Å². The lowest BCUT2D eigenvalue weighted by molar-refractivity contribution is 0.0707. The zero-order chi connectivity index (χ0) is 15.3. The van der Waals surface area contributed by atoms with E-state index in [1.54, 1.807) is 4.90 Å². The summed E-state index contributed by atoms with van der Waals surface area (Å²) in [5, 5.41) is 0. The summed E-state index contributed by atoms with van der Waals surface area (Å²) in [5.41, 5.74) is 7.93. The van der Waals surface area contributed by atoms with Crippen LogP contribution < -0.4 is 5.73 Å². The number of nitrogens with zero attached hydrogens (tertiary/aromatic N) is 1. The number of nitrogens with two attached hydrogens (primary N) is 1. The standard InChI is InChI=1S/C17H24N2O/c1-12(2)14(4)19(5)17(20)16-10-13(3)9-15(11-16)7-6-8-18/h9-12,14H,8,18H2,1-5H3. The zero-order valence-corrected chi connectivity index (χ0v) is 13.0. The van der Waals surface area contributed by atoms with Crippen molar-refractivity contribution in [3.8, 4) is 11.8 Å². The Morgan fingerprint density at radius 2 is 1.95 bits per heavy atom. The summed E-state index contributed by atoms with van der Waals surface area (Å²) in [5.74, 6) is 6.26. The van der Waals surface area contributed by atoms with E-state index in [-0.39, 0.29) is 11.9 Å². The third-order valence-corrected chi connectivity index (χ3v) is 3.56. The lowest BCUT2D eigenvalue weighted by Gasteiger charge is -2.28. The summed E-state index contributed by atoms with van der Waals surface area (Å²) in [4.78, 5) is 14.3. The smallest absolute Gasteiger partial charge is 0.253 e. The molecule has 20 heavy (non-hydrogen) atoms. The lowest BCUT2D eigenvalue weighted by atomic mass is 10.0. The molecule has 0 bridgehead atoms. The Bertz CT molecular complexity index is 538. The second-order valence-electron chi connectivity index (χ2n) is 5.49. The fourth-order valence-electron chi connectivity index (χ4n) is 1.97. The van der Waals surface area contributed by atoms with E-state index in [4.69, 9.17) is 5.73 Å². The Labute approximate surface area is 122 Å². The van der Waals surface area contributed by atoms with Gasteiger partial charge in [0.25, 0.3) is 5.91 Å². The highest BCUT2D eigenvalue weighted by Crippen LogP contribution is 2.15. The molecule has 0 aliphatic heterocycles. The van der Waals surface area contributed by atoms with Crippen LogP contribution in [-0.4, -0.2) is 30.4 Å². The summed E-state index contributed by atoms with van der Waals surface area (Å²) in [6, 6.07) is 5.90. The molecule has 0 aromatic heterocycles. The van der Waals surface area contributed by atoms with Crippen molar-refractivity contribution in [2.24, 2.45) is 11.7 Å². The highest BCUT2D eigenvalue weighted by molar-refractivity contribution is 5.94. The number of rotatable bonds is 3. The number of hydrogen-bond donors (Lipinski definition) is 1. The number of carbonyl (C=O) groups excluding carboxylic acids is 1. The van der Waals surface area contributed by atoms with Crippen molar-refractivity contribution in [2.45, 2.75) is 33.7 Å². The van der Waals surface area contributed by atoms with Crippen LogP contribution in [0.25, 0.3) is 0 Å². The van der Waals surface area contributed by atoms with E-state index in [2.05, 4.69) is 32.6 Å². The molecule has 0 aliphatic carbocycles. The van der Waals surface area contributed by atoms with E-state index < -0.39 is 0 Å². The molecule has 1 unspecified atom stereocenters. The van der Waals surface area contributed by atoms with Crippen molar-refractivity contribution in [2.75, 3.05) is 13.6 Å². The van der Waals surface area contributed by atoms with Crippen LogP contribution in [-0.2, 0) is 0 Å². The summed E-state index contributed by atoms with van der Waals surface area (Å²) < 4.78 is 0. The molecule has 1 atom stereocenters. The van der Waals surface area contributed by atoms with Gasteiger partial charge in [-0.25, -0.2) is 0 Å². The van der Waals surface area contributed by atoms with Gasteiger partial charge in [0.15, 0.2) is 0 Å². The maximum absolute atomic E-state index is 12.5. The lowest BCUT2D eigenvalue weighted by Crippen LogP contribution is -2.38. The van der Waals surface area contributed by atoms with E-state index in [9.17, 15) is 4.79 Å². The van der Waals surface area contributed by atoms with Gasteiger partial charge in [0.05, 0.1) is 6.54 Å². The molecule has 0 saturated heterocycles. The number of aryl methyl sites for hydroxylation is 1. The minimum Gasteiger partial charge on any atom is -0.339 e. The van der Waals surface area contributed by atoms with Gasteiger partial charge in [-0.15, -0.1) is 0 Å². The molecule has 2 N–H and O–H groups in total. The predicted octanol–water partition coefficient (Wildman–Crippen LogP) is 2.42. The van der Waals surface area contributed by atoms with Gasteiger partial charge in [0, 0.05) is 24.2 Å². The average Bonchev–Trinajstić information content (AvgIpc) is 2.41. The third-order valence-electron chi connectivity index (χ3n) is 3.56. The first-order chi connectivity index (χ1) is 9.36. The molecule has 1 rings (SSSR count). The highest BCUT2D eigenvalue weighted by Gasteiger charge is 2.20. The molecule has 3 nitrogen and oxygen atoms in total. The summed E-state index contributed by atoms with van der Waals surface area (Å²) >= 11 is 0. The molecule has 0 fully saturated rings. The van der Waals surface area contributed by atoms with E-state index in [0.717, 1.165) is 11.1 Å². The van der Waals surface area contributed by atoms with Crippen LogP contribution in [0.5, 0.6) is 0 Å². The molecule has 1 aromatic carbocycles. The normalized spacial score (nSPS) is 11.8. The molecular weight excluding hydrogens is 248 g/mol. The molecule has 1 aromatic rings. The second-order valence-corrected chi connectivity index (χ2v) is 5.49. The Balaban J connectivity index is 3.07. The van der Waals surface area contributed by atoms with Gasteiger partial charge in [-0.05, 0) is 43.5 Å². The zero-order valence-electron chi connectivity index (χ0n) is 13.0. The topological polar surface area (TPSA) is 46.3 Å². The molecule has 1 amide bonds. The number of amides is 1. The third kappa shape index (κ3) is 4.11. The van der Waals surface area contributed by atoms with Gasteiger partial charge in [-0.1, -0.05) is 25.7 Å². The Morgan fingerprint density at radius 1 is 1.30 bits per heavy atom. The van der Waals surface area contributed by atoms with E-state index >= 15 is 0 Å². The van der Waals surface area contributed by atoms with Gasteiger partial charge in [0.1, 0.15) is 0 Å². The van der Waals surface area contributed by atoms with Crippen LogP contribution >= 0.6 is 0 Å². The molecule has 0 saturated carbocycles. The fraction of sp³-hybridized carbons (Fsp3) is 0.471. The van der Waals surface area contributed by atoms with Crippen molar-refractivity contribution >= 4 is 5.91 Å². The van der Waals surface area contributed by atoms with Crippen LogP contribution in [0, 0.1) is 24.7 Å². The first-order valence-electron chi connectivity index (χ1n) is 6.94. The summed E-state index contributed by atoms with van der Waals surface area (Å²) in [7, 11) is 1.85. The van der Waals surface area contributed by atoms with Crippen molar-refractivity contribution in [3.63, 3.8) is 0 Å². The van der Waals surface area contributed by atoms with E-state index in [1.165, 1.54) is 0 Å². The summed E-state index contributed by atoms with van der Waals surface area (Å²) in [6.07, 6.45) is 0. The molecular formula is C17H24N2O. The maximum Gasteiger partial charge on any atom is 0.253 e. The first-order valence-corrected chi connectivity index (χ1v) is 6.94. The van der Waals surface area contributed by atoms with Crippen LogP contribution in [0.15, 0.2) is 18.2 Å². The van der Waals surface area contributed by atoms with E-state index in [1.807, 2.05) is 32.2 Å². The molecule has 3 heteroatoms. The maximum atomic E-state index is 12.5. The van der Waals surface area contributed by atoms with Gasteiger partial charge in [-0.2, -0.15) is 0 Å². The first kappa shape index (κ1) is 16.3. The highest BCUT2D eigenvalue weighted by atomic mass is 16.2. The summed E-state index contributed by atoms with van der Waals surface area (Å²) in [6.45, 7) is 8.58. The minimum absolute atomic E-state index is 0.0331. The van der Waals surface area contributed by atoms with Gasteiger partial charge < -0.3 is 10.6 Å². The van der Waals surface area contributed by atoms with Crippen LogP contribution in [0.1, 0.15) is 42.3 Å². The Morgan fingerprint density at radius 3 is 2.50 bits per heavy atom. The van der Waals surface area contributed by atoms with Gasteiger partial charge in [0.2, 0.25) is 0 Å². The largest absolute Gasteiger partial charge is 0.339 e. The van der Waals surface area contributed by atoms with E-state index in [0.29, 0.717) is 18.0 Å². The molecule has 0 spiro atoms. The quantitative estimate of drug-likeness (QED) is 0.859. The van der Waals surface area contributed by atoms with Crippen LogP contribution in [0.3, 0.4) is 0 Å². The number of benzene rings is 1. The number of hydrogen-bond acceptors (Lipinski definition) is 2. The fourth-order valence-corrected chi connectivity index (χ4v) is 1.97. The molecule has 0 radical (unpaired) electrons. The Kier molecular flexibility index (Phi) is 5.79. The van der Waals surface area contributed by atoms with Crippen molar-refractivity contribution in [3.05, 3.63) is 34.9 Å². The molecule has 108 valence electrons. The second kappa shape index (κ2) is 7.12. The van der Waals surface area contributed by atoms with Crippen molar-refractivity contribution in [1.29, 1.82) is 0 Å². The minimum atomic E-state index is 0.0331. The monoisotopic (exact) mass is 272 g/mol.